The van der Waals surface area contributed by atoms with Crippen LogP contribution in [0.1, 0.15) is 26.3 Å². The number of rotatable bonds is 3. The van der Waals surface area contributed by atoms with Gasteiger partial charge in [-0.25, -0.2) is 0 Å². The van der Waals surface area contributed by atoms with E-state index in [2.05, 4.69) is 125 Å². The molecule has 0 aliphatic carbocycles. The number of anilines is 1. The van der Waals surface area contributed by atoms with Crippen LogP contribution in [0, 0.1) is 6.92 Å². The molecular formula is C31H29N. The molecule has 0 saturated carbocycles. The average molecular weight is 416 g/mol. The van der Waals surface area contributed by atoms with E-state index in [4.69, 9.17) is 0 Å². The Bertz CT molecular complexity index is 1520. The first kappa shape index (κ1) is 20.3. The molecule has 0 heterocycles. The average Bonchev–Trinajstić information content (AvgIpc) is 2.82. The molecule has 0 aliphatic rings. The monoisotopic (exact) mass is 415 g/mol. The zero-order valence-electron chi connectivity index (χ0n) is 19.5. The van der Waals surface area contributed by atoms with Gasteiger partial charge >= 0.3 is 0 Å². The van der Waals surface area contributed by atoms with Crippen LogP contribution >= 0.6 is 0 Å². The maximum atomic E-state index is 2.36. The second-order valence-corrected chi connectivity index (χ2v) is 9.00. The van der Waals surface area contributed by atoms with Crippen LogP contribution in [0.5, 0.6) is 0 Å². The molecule has 5 aromatic carbocycles. The summed E-state index contributed by atoms with van der Waals surface area (Å²) in [5, 5.41) is 7.86. The first-order valence-electron chi connectivity index (χ1n) is 11.3. The third kappa shape index (κ3) is 3.26. The molecule has 0 radical (unpaired) electrons. The first-order valence-corrected chi connectivity index (χ1v) is 11.3. The third-order valence-electron chi connectivity index (χ3n) is 6.84. The van der Waals surface area contributed by atoms with E-state index in [0.717, 1.165) is 0 Å². The smallest absolute Gasteiger partial charge is 0.0435 e. The van der Waals surface area contributed by atoms with E-state index in [9.17, 15) is 0 Å². The predicted octanol–water partition coefficient (Wildman–Crippen LogP) is 8.87. The lowest BCUT2D eigenvalue weighted by atomic mass is 9.90. The van der Waals surface area contributed by atoms with Gasteiger partial charge in [-0.2, -0.15) is 0 Å². The second kappa shape index (κ2) is 7.84. The fourth-order valence-corrected chi connectivity index (χ4v) is 4.83. The van der Waals surface area contributed by atoms with Gasteiger partial charge in [-0.3, -0.25) is 0 Å². The number of aryl methyl sites for hydroxylation is 1. The van der Waals surface area contributed by atoms with Crippen molar-refractivity contribution in [1.82, 2.24) is 0 Å². The molecule has 0 spiro atoms. The molecule has 1 nitrogen and oxygen atoms in total. The predicted molar refractivity (Wildman–Crippen MR) is 142 cm³/mol. The SMILES string of the molecule is CC(C)=C(C)N(C)c1ccc(-c2cc3ccc4ccccc4c3c3ccccc23)cc1C. The molecule has 0 unspecified atom stereocenters. The molecule has 0 aromatic heterocycles. The van der Waals surface area contributed by atoms with Crippen molar-refractivity contribution in [2.24, 2.45) is 0 Å². The number of benzene rings is 5. The maximum absolute atomic E-state index is 2.36. The summed E-state index contributed by atoms with van der Waals surface area (Å²) in [6.07, 6.45) is 0. The van der Waals surface area contributed by atoms with Crippen molar-refractivity contribution in [2.75, 3.05) is 11.9 Å². The molecule has 0 fully saturated rings. The van der Waals surface area contributed by atoms with Crippen molar-refractivity contribution in [2.45, 2.75) is 27.7 Å². The standard InChI is InChI=1S/C31H29N/c1-20(2)22(4)32(5)30-17-16-24(18-21(30)3)29-19-25-15-14-23-10-6-7-11-26(23)31(25)28-13-9-8-12-27(28)29/h6-19H,1-5H3. The van der Waals surface area contributed by atoms with Crippen LogP contribution in [0.3, 0.4) is 0 Å². The van der Waals surface area contributed by atoms with Crippen molar-refractivity contribution in [3.05, 3.63) is 102 Å². The molecule has 32 heavy (non-hydrogen) atoms. The lowest BCUT2D eigenvalue weighted by Crippen LogP contribution is -2.16. The highest BCUT2D eigenvalue weighted by molar-refractivity contribution is 6.23. The highest BCUT2D eigenvalue weighted by Gasteiger charge is 2.13. The van der Waals surface area contributed by atoms with E-state index in [-0.39, 0.29) is 0 Å². The zero-order chi connectivity index (χ0) is 22.4. The minimum atomic E-state index is 1.25. The van der Waals surface area contributed by atoms with E-state index < -0.39 is 0 Å². The van der Waals surface area contributed by atoms with Crippen LogP contribution in [0.25, 0.3) is 43.4 Å². The van der Waals surface area contributed by atoms with Gasteiger partial charge < -0.3 is 4.90 Å². The molecule has 5 rings (SSSR count). The summed E-state index contributed by atoms with van der Waals surface area (Å²) in [7, 11) is 2.15. The van der Waals surface area contributed by atoms with Gasteiger partial charge in [-0.15, -0.1) is 0 Å². The Balaban J connectivity index is 1.75. The fraction of sp³-hybridized carbons (Fsp3) is 0.161. The van der Waals surface area contributed by atoms with E-state index in [1.807, 2.05) is 0 Å². The van der Waals surface area contributed by atoms with E-state index in [1.165, 1.54) is 66.0 Å². The molecule has 0 saturated heterocycles. The highest BCUT2D eigenvalue weighted by Crippen LogP contribution is 2.39. The summed E-state index contributed by atoms with van der Waals surface area (Å²) >= 11 is 0. The van der Waals surface area contributed by atoms with Gasteiger partial charge in [-0.1, -0.05) is 72.3 Å². The molecule has 0 N–H and O–H groups in total. The van der Waals surface area contributed by atoms with Gasteiger partial charge in [-0.05, 0) is 94.9 Å². The van der Waals surface area contributed by atoms with Gasteiger partial charge in [0.25, 0.3) is 0 Å². The lowest BCUT2D eigenvalue weighted by Gasteiger charge is -2.24. The molecular weight excluding hydrogens is 386 g/mol. The molecule has 5 aromatic rings. The summed E-state index contributed by atoms with van der Waals surface area (Å²) in [5.74, 6) is 0. The minimum absolute atomic E-state index is 1.25. The van der Waals surface area contributed by atoms with Gasteiger partial charge in [0, 0.05) is 18.4 Å². The molecule has 158 valence electrons. The van der Waals surface area contributed by atoms with Crippen LogP contribution < -0.4 is 4.90 Å². The van der Waals surface area contributed by atoms with Gasteiger partial charge in [0.15, 0.2) is 0 Å². The first-order chi connectivity index (χ1) is 15.5. The largest absolute Gasteiger partial charge is 0.348 e. The fourth-order valence-electron chi connectivity index (χ4n) is 4.83. The van der Waals surface area contributed by atoms with Gasteiger partial charge in [0.1, 0.15) is 0 Å². The van der Waals surface area contributed by atoms with Crippen LogP contribution in [-0.2, 0) is 0 Å². The van der Waals surface area contributed by atoms with Crippen molar-refractivity contribution in [3.8, 4) is 11.1 Å². The zero-order valence-corrected chi connectivity index (χ0v) is 19.5. The van der Waals surface area contributed by atoms with E-state index in [1.54, 1.807) is 0 Å². The van der Waals surface area contributed by atoms with Crippen LogP contribution in [0.15, 0.2) is 96.2 Å². The number of hydrogen-bond donors (Lipinski definition) is 0. The third-order valence-corrected chi connectivity index (χ3v) is 6.84. The summed E-state index contributed by atoms with van der Waals surface area (Å²) in [6, 6.07) is 31.2. The maximum Gasteiger partial charge on any atom is 0.0435 e. The van der Waals surface area contributed by atoms with Gasteiger partial charge in [0.2, 0.25) is 0 Å². The molecule has 0 aliphatic heterocycles. The Hall–Kier alpha value is -3.58. The summed E-state index contributed by atoms with van der Waals surface area (Å²) in [4.78, 5) is 2.29. The summed E-state index contributed by atoms with van der Waals surface area (Å²) < 4.78 is 0. The van der Waals surface area contributed by atoms with Crippen molar-refractivity contribution >= 4 is 38.0 Å². The Morgan fingerprint density at radius 3 is 2.03 bits per heavy atom. The van der Waals surface area contributed by atoms with Crippen molar-refractivity contribution in [3.63, 3.8) is 0 Å². The molecule has 0 bridgehead atoms. The Morgan fingerprint density at radius 2 is 1.31 bits per heavy atom. The normalized spacial score (nSPS) is 11.3. The second-order valence-electron chi connectivity index (χ2n) is 9.00. The Morgan fingerprint density at radius 1 is 0.656 bits per heavy atom. The van der Waals surface area contributed by atoms with E-state index >= 15 is 0 Å². The molecule has 1 heteroatoms. The quantitative estimate of drug-likeness (QED) is 0.266. The van der Waals surface area contributed by atoms with Crippen molar-refractivity contribution < 1.29 is 0 Å². The summed E-state index contributed by atoms with van der Waals surface area (Å²) in [6.45, 7) is 8.73. The van der Waals surface area contributed by atoms with Crippen LogP contribution in [0.4, 0.5) is 5.69 Å². The number of fused-ring (bicyclic) bond motifs is 5. The Kier molecular flexibility index (Phi) is 4.98. The van der Waals surface area contributed by atoms with E-state index in [0.29, 0.717) is 0 Å². The number of hydrogen-bond acceptors (Lipinski definition) is 1. The Labute approximate surface area is 190 Å². The topological polar surface area (TPSA) is 3.24 Å². The number of nitrogens with zero attached hydrogens (tertiary/aromatic N) is 1. The summed E-state index contributed by atoms with van der Waals surface area (Å²) in [5.41, 5.74) is 7.73. The minimum Gasteiger partial charge on any atom is -0.348 e. The van der Waals surface area contributed by atoms with Gasteiger partial charge in [0.05, 0.1) is 0 Å². The lowest BCUT2D eigenvalue weighted by molar-refractivity contribution is 1.04. The number of allylic oxidation sites excluding steroid dienone is 2. The molecule has 0 amide bonds. The van der Waals surface area contributed by atoms with Crippen LogP contribution in [-0.4, -0.2) is 7.05 Å². The van der Waals surface area contributed by atoms with Crippen LogP contribution in [0.2, 0.25) is 0 Å². The highest BCUT2D eigenvalue weighted by atomic mass is 15.1. The molecule has 0 atom stereocenters. The van der Waals surface area contributed by atoms with Crippen molar-refractivity contribution in [1.29, 1.82) is 0 Å².